The van der Waals surface area contributed by atoms with E-state index in [1.165, 1.54) is 22.8 Å². The van der Waals surface area contributed by atoms with Gasteiger partial charge in [-0.3, -0.25) is 0 Å². The van der Waals surface area contributed by atoms with Crippen LogP contribution in [0.15, 0.2) is 16.8 Å². The molecule has 0 amide bonds. The van der Waals surface area contributed by atoms with Gasteiger partial charge in [-0.05, 0) is 17.9 Å². The Balaban J connectivity index is 2.46. The quantitative estimate of drug-likeness (QED) is 0.669. The van der Waals surface area contributed by atoms with Crippen molar-refractivity contribution in [1.82, 2.24) is 0 Å². The number of rotatable bonds is 5. The van der Waals surface area contributed by atoms with Crippen LogP contribution in [0.25, 0.3) is 0 Å². The Hall–Kier alpha value is -0.480. The van der Waals surface area contributed by atoms with Crippen LogP contribution in [0.2, 0.25) is 0 Å². The highest BCUT2D eigenvalue weighted by Gasteiger charge is 2.32. The molecule has 0 saturated carbocycles. The Morgan fingerprint density at radius 2 is 2.31 bits per heavy atom. The molecule has 0 fully saturated rings. The van der Waals surface area contributed by atoms with E-state index in [2.05, 4.69) is 4.74 Å². The molecule has 13 heavy (non-hydrogen) atoms. The predicted molar refractivity (Wildman–Crippen MR) is 49.1 cm³/mol. The number of thiophene rings is 1. The smallest absolute Gasteiger partial charge is 0.317 e. The fourth-order valence-electron chi connectivity index (χ4n) is 0.858. The molecule has 0 unspecified atom stereocenters. The second-order valence-electron chi connectivity index (χ2n) is 2.73. The molecule has 0 aliphatic heterocycles. The lowest BCUT2D eigenvalue weighted by molar-refractivity contribution is -0.248. The zero-order valence-corrected chi connectivity index (χ0v) is 8.24. The normalized spacial score (nSPS) is 11.9. The van der Waals surface area contributed by atoms with E-state index < -0.39 is 6.11 Å². The number of halogens is 2. The molecule has 0 atom stereocenters. The average Bonchev–Trinajstić information content (AvgIpc) is 2.56. The highest BCUT2D eigenvalue weighted by atomic mass is 32.1. The van der Waals surface area contributed by atoms with Crippen LogP contribution in [0.4, 0.5) is 8.78 Å². The summed E-state index contributed by atoms with van der Waals surface area (Å²) in [5.41, 5.74) is -0.0476. The lowest BCUT2D eigenvalue weighted by Gasteiger charge is -2.14. The Morgan fingerprint density at radius 3 is 2.85 bits per heavy atom. The van der Waals surface area contributed by atoms with Crippen molar-refractivity contribution in [3.8, 4) is 0 Å². The molecule has 4 heteroatoms. The summed E-state index contributed by atoms with van der Waals surface area (Å²) in [5, 5.41) is 3.03. The fraction of sp³-hybridized carbons (Fsp3) is 0.556. The van der Waals surface area contributed by atoms with Crippen molar-refractivity contribution in [2.75, 3.05) is 6.61 Å². The van der Waals surface area contributed by atoms with Crippen LogP contribution in [-0.2, 0) is 10.8 Å². The summed E-state index contributed by atoms with van der Waals surface area (Å²) < 4.78 is 30.7. The van der Waals surface area contributed by atoms with Crippen molar-refractivity contribution in [1.29, 1.82) is 0 Å². The Labute approximate surface area is 80.3 Å². The molecule has 1 aromatic rings. The first-order valence-electron chi connectivity index (χ1n) is 4.21. The third kappa shape index (κ3) is 3.04. The Bertz CT molecular complexity index is 234. The molecule has 0 aliphatic rings. The first-order chi connectivity index (χ1) is 6.17. The Kier molecular flexibility index (Phi) is 3.81. The monoisotopic (exact) mass is 206 g/mol. The number of ether oxygens (including phenoxy) is 1. The van der Waals surface area contributed by atoms with Gasteiger partial charge in [-0.1, -0.05) is 13.3 Å². The first-order valence-corrected chi connectivity index (χ1v) is 5.15. The molecule has 0 spiro atoms. The third-order valence-corrected chi connectivity index (χ3v) is 2.32. The summed E-state index contributed by atoms with van der Waals surface area (Å²) in [6.07, 6.45) is -1.59. The second kappa shape index (κ2) is 4.67. The van der Waals surface area contributed by atoms with E-state index >= 15 is 0 Å². The topological polar surface area (TPSA) is 9.23 Å². The SMILES string of the molecule is CCCCOC(F)(F)c1ccsc1. The molecule has 0 aromatic carbocycles. The van der Waals surface area contributed by atoms with Gasteiger partial charge in [0.25, 0.3) is 0 Å². The van der Waals surface area contributed by atoms with Crippen LogP contribution in [0.5, 0.6) is 0 Å². The lowest BCUT2D eigenvalue weighted by atomic mass is 10.3. The number of unbranched alkanes of at least 4 members (excludes halogenated alkanes) is 1. The van der Waals surface area contributed by atoms with Crippen LogP contribution in [0.3, 0.4) is 0 Å². The van der Waals surface area contributed by atoms with E-state index in [1.54, 1.807) is 5.38 Å². The van der Waals surface area contributed by atoms with Crippen LogP contribution < -0.4 is 0 Å². The van der Waals surface area contributed by atoms with Crippen molar-refractivity contribution in [2.45, 2.75) is 25.9 Å². The number of hydrogen-bond acceptors (Lipinski definition) is 2. The molecule has 74 valence electrons. The van der Waals surface area contributed by atoms with Crippen LogP contribution in [0, 0.1) is 0 Å². The molecule has 0 bridgehead atoms. The molecule has 0 aliphatic carbocycles. The second-order valence-corrected chi connectivity index (χ2v) is 3.51. The van der Waals surface area contributed by atoms with Gasteiger partial charge in [0.1, 0.15) is 0 Å². The maximum Gasteiger partial charge on any atom is 0.384 e. The fourth-order valence-corrected chi connectivity index (χ4v) is 1.52. The van der Waals surface area contributed by atoms with E-state index in [0.717, 1.165) is 6.42 Å². The molecular weight excluding hydrogens is 194 g/mol. The van der Waals surface area contributed by atoms with Gasteiger partial charge in [-0.25, -0.2) is 0 Å². The highest BCUT2D eigenvalue weighted by Crippen LogP contribution is 2.30. The van der Waals surface area contributed by atoms with E-state index in [0.29, 0.717) is 6.42 Å². The summed E-state index contributed by atoms with van der Waals surface area (Å²) in [7, 11) is 0. The molecule has 1 heterocycles. The summed E-state index contributed by atoms with van der Waals surface area (Å²) in [6.45, 7) is 2.05. The van der Waals surface area contributed by atoms with Crippen molar-refractivity contribution in [3.63, 3.8) is 0 Å². The van der Waals surface area contributed by atoms with Gasteiger partial charge in [0.15, 0.2) is 0 Å². The lowest BCUT2D eigenvalue weighted by Crippen LogP contribution is -2.17. The third-order valence-electron chi connectivity index (χ3n) is 1.64. The van der Waals surface area contributed by atoms with Gasteiger partial charge in [-0.15, -0.1) is 0 Å². The summed E-state index contributed by atoms with van der Waals surface area (Å²) in [6, 6.07) is 1.39. The van der Waals surface area contributed by atoms with Gasteiger partial charge in [-0.2, -0.15) is 20.1 Å². The van der Waals surface area contributed by atoms with Gasteiger partial charge < -0.3 is 4.74 Å². The minimum absolute atomic E-state index is 0.0476. The number of alkyl halides is 2. The minimum atomic E-state index is -3.12. The standard InChI is InChI=1S/C9H12F2OS/c1-2-3-5-12-9(10,11)8-4-6-13-7-8/h4,6-7H,2-3,5H2,1H3. The van der Waals surface area contributed by atoms with E-state index in [-0.39, 0.29) is 12.2 Å². The summed E-state index contributed by atoms with van der Waals surface area (Å²) >= 11 is 1.25. The average molecular weight is 206 g/mol. The number of hydrogen-bond donors (Lipinski definition) is 0. The summed E-state index contributed by atoms with van der Waals surface area (Å²) in [4.78, 5) is 0. The summed E-state index contributed by atoms with van der Waals surface area (Å²) in [5.74, 6) is 0. The molecule has 0 saturated heterocycles. The predicted octanol–water partition coefficient (Wildman–Crippen LogP) is 3.61. The minimum Gasteiger partial charge on any atom is -0.317 e. The van der Waals surface area contributed by atoms with Gasteiger partial charge in [0, 0.05) is 5.38 Å². The molecule has 0 radical (unpaired) electrons. The van der Waals surface area contributed by atoms with Crippen LogP contribution in [-0.4, -0.2) is 6.61 Å². The van der Waals surface area contributed by atoms with E-state index in [4.69, 9.17) is 0 Å². The zero-order chi connectivity index (χ0) is 9.73. The van der Waals surface area contributed by atoms with Gasteiger partial charge in [0.2, 0.25) is 0 Å². The van der Waals surface area contributed by atoms with Crippen LogP contribution >= 0.6 is 11.3 Å². The first kappa shape index (κ1) is 10.6. The molecule has 0 N–H and O–H groups in total. The van der Waals surface area contributed by atoms with Crippen molar-refractivity contribution < 1.29 is 13.5 Å². The van der Waals surface area contributed by atoms with Crippen molar-refractivity contribution in [2.24, 2.45) is 0 Å². The van der Waals surface area contributed by atoms with E-state index in [1.807, 2.05) is 6.92 Å². The van der Waals surface area contributed by atoms with E-state index in [9.17, 15) is 8.78 Å². The van der Waals surface area contributed by atoms with Crippen LogP contribution in [0.1, 0.15) is 25.3 Å². The van der Waals surface area contributed by atoms with Gasteiger partial charge >= 0.3 is 6.11 Å². The maximum atomic E-state index is 13.1. The highest BCUT2D eigenvalue weighted by molar-refractivity contribution is 7.07. The Morgan fingerprint density at radius 1 is 1.54 bits per heavy atom. The van der Waals surface area contributed by atoms with Gasteiger partial charge in [0.05, 0.1) is 12.2 Å². The molecule has 1 aromatic heterocycles. The van der Waals surface area contributed by atoms with Crippen molar-refractivity contribution in [3.05, 3.63) is 22.4 Å². The molecule has 1 nitrogen and oxygen atoms in total. The van der Waals surface area contributed by atoms with Crippen molar-refractivity contribution >= 4 is 11.3 Å². The largest absolute Gasteiger partial charge is 0.384 e. The molecule has 1 rings (SSSR count). The molecular formula is C9H12F2OS. The zero-order valence-electron chi connectivity index (χ0n) is 7.43. The maximum absolute atomic E-state index is 13.1.